The Morgan fingerprint density at radius 3 is 2.63 bits per heavy atom. The number of piperidine rings is 1. The van der Waals surface area contributed by atoms with Gasteiger partial charge in [-0.3, -0.25) is 4.79 Å². The second-order valence-corrected chi connectivity index (χ2v) is 7.14. The third kappa shape index (κ3) is 5.09. The molecule has 1 fully saturated rings. The van der Waals surface area contributed by atoms with Crippen molar-refractivity contribution >= 4 is 17.5 Å². The Morgan fingerprint density at radius 1 is 1.11 bits per heavy atom. The van der Waals surface area contributed by atoms with E-state index in [1.807, 2.05) is 62.4 Å². The van der Waals surface area contributed by atoms with Gasteiger partial charge in [0.15, 0.2) is 5.78 Å². The maximum Gasteiger partial charge on any atom is 0.321 e. The van der Waals surface area contributed by atoms with Crippen LogP contribution in [0.5, 0.6) is 5.75 Å². The van der Waals surface area contributed by atoms with E-state index in [-0.39, 0.29) is 23.8 Å². The van der Waals surface area contributed by atoms with Crippen molar-refractivity contribution in [2.45, 2.75) is 32.8 Å². The fourth-order valence-electron chi connectivity index (χ4n) is 3.33. The number of hydrogen-bond donors (Lipinski definition) is 1. The van der Waals surface area contributed by atoms with Gasteiger partial charge < -0.3 is 15.0 Å². The molecule has 1 atom stereocenters. The molecule has 0 unspecified atom stereocenters. The molecule has 0 radical (unpaired) electrons. The number of ketones is 1. The molecule has 142 valence electrons. The van der Waals surface area contributed by atoms with Gasteiger partial charge in [0.2, 0.25) is 0 Å². The van der Waals surface area contributed by atoms with E-state index in [1.54, 1.807) is 11.0 Å². The molecule has 0 aliphatic carbocycles. The first-order valence-electron chi connectivity index (χ1n) is 9.45. The minimum atomic E-state index is -0.186. The van der Waals surface area contributed by atoms with Crippen molar-refractivity contribution in [2.75, 3.05) is 18.4 Å². The van der Waals surface area contributed by atoms with Crippen molar-refractivity contribution in [2.24, 2.45) is 5.92 Å². The fraction of sp³-hybridized carbons (Fsp3) is 0.364. The molecule has 27 heavy (non-hydrogen) atoms. The first-order chi connectivity index (χ1) is 13.0. The molecule has 1 aliphatic heterocycles. The average molecular weight is 366 g/mol. The number of likely N-dealkylation sites (tertiary alicyclic amines) is 1. The number of nitrogens with zero attached hydrogens (tertiary/aromatic N) is 1. The minimum Gasteiger partial charge on any atom is -0.491 e. The van der Waals surface area contributed by atoms with Gasteiger partial charge in [0, 0.05) is 30.3 Å². The van der Waals surface area contributed by atoms with Gasteiger partial charge in [-0.2, -0.15) is 0 Å². The van der Waals surface area contributed by atoms with Crippen LogP contribution in [0.15, 0.2) is 54.6 Å². The van der Waals surface area contributed by atoms with Gasteiger partial charge >= 0.3 is 6.03 Å². The van der Waals surface area contributed by atoms with E-state index in [1.165, 1.54) is 0 Å². The van der Waals surface area contributed by atoms with E-state index in [0.29, 0.717) is 24.4 Å². The summed E-state index contributed by atoms with van der Waals surface area (Å²) in [5, 5.41) is 2.90. The number of anilines is 1. The summed E-state index contributed by atoms with van der Waals surface area (Å²) in [5.41, 5.74) is 1.40. The molecule has 1 saturated heterocycles. The number of Topliss-reactive ketones (excluding diaryl/α,β-unsaturated/α-hetero) is 1. The second kappa shape index (κ2) is 8.71. The largest absolute Gasteiger partial charge is 0.491 e. The molecule has 0 bridgehead atoms. The molecule has 2 aromatic carbocycles. The summed E-state index contributed by atoms with van der Waals surface area (Å²) in [6.45, 7) is 5.02. The lowest BCUT2D eigenvalue weighted by Gasteiger charge is -2.32. The van der Waals surface area contributed by atoms with Crippen LogP contribution < -0.4 is 10.1 Å². The first kappa shape index (κ1) is 19.0. The van der Waals surface area contributed by atoms with Crippen LogP contribution in [0.3, 0.4) is 0 Å². The third-order valence-electron chi connectivity index (χ3n) is 4.59. The van der Waals surface area contributed by atoms with Crippen LogP contribution in [-0.4, -0.2) is 35.9 Å². The normalized spacial score (nSPS) is 16.9. The number of carbonyl (C=O) groups excluding carboxylic acids is 2. The van der Waals surface area contributed by atoms with Crippen molar-refractivity contribution in [1.29, 1.82) is 0 Å². The molecule has 2 aromatic rings. The van der Waals surface area contributed by atoms with Crippen molar-refractivity contribution in [3.05, 3.63) is 60.2 Å². The Hall–Kier alpha value is -2.82. The van der Waals surface area contributed by atoms with Crippen molar-refractivity contribution in [1.82, 2.24) is 4.90 Å². The number of urea groups is 1. The number of carbonyl (C=O) groups is 2. The molecule has 1 aliphatic rings. The molecule has 1 N–H and O–H groups in total. The minimum absolute atomic E-state index is 0.0576. The molecule has 5 nitrogen and oxygen atoms in total. The zero-order valence-corrected chi connectivity index (χ0v) is 15.9. The summed E-state index contributed by atoms with van der Waals surface area (Å²) in [6, 6.07) is 16.5. The van der Waals surface area contributed by atoms with E-state index >= 15 is 0 Å². The van der Waals surface area contributed by atoms with E-state index in [2.05, 4.69) is 5.32 Å². The summed E-state index contributed by atoms with van der Waals surface area (Å²) >= 11 is 0. The summed E-state index contributed by atoms with van der Waals surface area (Å²) in [5.74, 6) is 0.585. The molecule has 0 aromatic heterocycles. The molecule has 5 heteroatoms. The highest BCUT2D eigenvalue weighted by Crippen LogP contribution is 2.24. The van der Waals surface area contributed by atoms with Gasteiger partial charge in [-0.15, -0.1) is 0 Å². The van der Waals surface area contributed by atoms with Crippen LogP contribution in [0.1, 0.15) is 37.0 Å². The van der Waals surface area contributed by atoms with Crippen molar-refractivity contribution in [3.8, 4) is 5.75 Å². The lowest BCUT2D eigenvalue weighted by molar-refractivity contribution is 0.0850. The van der Waals surface area contributed by atoms with Gasteiger partial charge in [-0.25, -0.2) is 4.79 Å². The molecule has 0 saturated carbocycles. The predicted molar refractivity (Wildman–Crippen MR) is 106 cm³/mol. The van der Waals surface area contributed by atoms with Gasteiger partial charge in [0.1, 0.15) is 5.75 Å². The van der Waals surface area contributed by atoms with Gasteiger partial charge in [-0.1, -0.05) is 30.3 Å². The lowest BCUT2D eigenvalue weighted by atomic mass is 9.90. The molecule has 3 rings (SSSR count). The topological polar surface area (TPSA) is 58.6 Å². The highest BCUT2D eigenvalue weighted by Gasteiger charge is 2.29. The van der Waals surface area contributed by atoms with Crippen LogP contribution in [0.25, 0.3) is 0 Å². The molecule has 0 spiro atoms. The van der Waals surface area contributed by atoms with Gasteiger partial charge in [0.05, 0.1) is 6.10 Å². The first-order valence-corrected chi connectivity index (χ1v) is 9.45. The molecular formula is C22H26N2O3. The summed E-state index contributed by atoms with van der Waals surface area (Å²) in [7, 11) is 0. The van der Waals surface area contributed by atoms with E-state index in [4.69, 9.17) is 4.74 Å². The standard InChI is InChI=1S/C22H26N2O3/c1-16(2)27-20-12-6-8-17(14-20)21(25)18-9-7-13-24(15-18)22(26)23-19-10-4-3-5-11-19/h3-6,8,10-12,14,16,18H,7,9,13,15H2,1-2H3,(H,23,26)/t18-/m0/s1. The van der Waals surface area contributed by atoms with Crippen molar-refractivity contribution < 1.29 is 14.3 Å². The zero-order chi connectivity index (χ0) is 19.2. The van der Waals surface area contributed by atoms with E-state index in [0.717, 1.165) is 18.5 Å². The van der Waals surface area contributed by atoms with Crippen LogP contribution >= 0.6 is 0 Å². The number of hydrogen-bond acceptors (Lipinski definition) is 3. The Balaban J connectivity index is 1.65. The van der Waals surface area contributed by atoms with Gasteiger partial charge in [0.25, 0.3) is 0 Å². The third-order valence-corrected chi connectivity index (χ3v) is 4.59. The van der Waals surface area contributed by atoms with Crippen LogP contribution in [-0.2, 0) is 0 Å². The molecule has 2 amide bonds. The highest BCUT2D eigenvalue weighted by atomic mass is 16.5. The second-order valence-electron chi connectivity index (χ2n) is 7.14. The summed E-state index contributed by atoms with van der Waals surface area (Å²) in [6.07, 6.45) is 1.67. The number of rotatable bonds is 5. The number of nitrogens with one attached hydrogen (secondary N) is 1. The Kier molecular flexibility index (Phi) is 6.12. The highest BCUT2D eigenvalue weighted by molar-refractivity contribution is 5.99. The monoisotopic (exact) mass is 366 g/mol. The van der Waals surface area contributed by atoms with Crippen molar-refractivity contribution in [3.63, 3.8) is 0 Å². The van der Waals surface area contributed by atoms with Crippen LogP contribution in [0.2, 0.25) is 0 Å². The number of amides is 2. The zero-order valence-electron chi connectivity index (χ0n) is 15.9. The number of benzene rings is 2. The van der Waals surface area contributed by atoms with E-state index in [9.17, 15) is 9.59 Å². The Morgan fingerprint density at radius 2 is 1.89 bits per heavy atom. The van der Waals surface area contributed by atoms with E-state index < -0.39 is 0 Å². The summed E-state index contributed by atoms with van der Waals surface area (Å²) in [4.78, 5) is 27.2. The SMILES string of the molecule is CC(C)Oc1cccc(C(=O)[C@H]2CCCN(C(=O)Nc3ccccc3)C2)c1. The average Bonchev–Trinajstić information content (AvgIpc) is 2.68. The smallest absolute Gasteiger partial charge is 0.321 e. The number of ether oxygens (including phenoxy) is 1. The Bertz CT molecular complexity index is 789. The fourth-order valence-corrected chi connectivity index (χ4v) is 3.33. The number of para-hydroxylation sites is 1. The van der Waals surface area contributed by atoms with Gasteiger partial charge in [-0.05, 0) is 51.0 Å². The Labute approximate surface area is 160 Å². The summed E-state index contributed by atoms with van der Waals surface area (Å²) < 4.78 is 5.69. The molecular weight excluding hydrogens is 340 g/mol. The molecule has 1 heterocycles. The maximum atomic E-state index is 13.0. The predicted octanol–water partition coefficient (Wildman–Crippen LogP) is 4.60. The van der Waals surface area contributed by atoms with Crippen LogP contribution in [0.4, 0.5) is 10.5 Å². The van der Waals surface area contributed by atoms with Crippen LogP contribution in [0, 0.1) is 5.92 Å². The maximum absolute atomic E-state index is 13.0. The lowest BCUT2D eigenvalue weighted by Crippen LogP contribution is -2.44. The quantitative estimate of drug-likeness (QED) is 0.787.